The summed E-state index contributed by atoms with van der Waals surface area (Å²) in [6, 6.07) is 5.14. The molecule has 8 heteroatoms. The zero-order valence-corrected chi connectivity index (χ0v) is 19.8. The van der Waals surface area contributed by atoms with Crippen molar-refractivity contribution in [3.8, 4) is 0 Å². The monoisotopic (exact) mass is 534 g/mol. The zero-order valence-electron chi connectivity index (χ0n) is 16.7. The van der Waals surface area contributed by atoms with Crippen LogP contribution in [0.1, 0.15) is 50.0 Å². The van der Waals surface area contributed by atoms with Gasteiger partial charge in [0.1, 0.15) is 5.82 Å². The maximum Gasteiger partial charge on any atom is 0.225 e. The number of nitrogens with zero attached hydrogens (tertiary/aromatic N) is 2. The van der Waals surface area contributed by atoms with Gasteiger partial charge in [0.15, 0.2) is 5.96 Å². The maximum absolute atomic E-state index is 14.1. The van der Waals surface area contributed by atoms with Crippen LogP contribution in [-0.4, -0.2) is 49.0 Å². The maximum atomic E-state index is 14.1. The Morgan fingerprint density at radius 1 is 1.24 bits per heavy atom. The average molecular weight is 535 g/mol. The van der Waals surface area contributed by atoms with Crippen molar-refractivity contribution in [1.29, 1.82) is 0 Å². The number of halogens is 3. The van der Waals surface area contributed by atoms with Crippen LogP contribution in [0.3, 0.4) is 0 Å². The predicted octanol–water partition coefficient (Wildman–Crippen LogP) is 3.91. The number of hydrogen-bond donors (Lipinski definition) is 2. The third-order valence-corrected chi connectivity index (χ3v) is 6.58. The first-order chi connectivity index (χ1) is 13.6. The normalized spacial score (nSPS) is 26.9. The smallest absolute Gasteiger partial charge is 0.225 e. The van der Waals surface area contributed by atoms with Gasteiger partial charge in [-0.05, 0) is 37.8 Å². The van der Waals surface area contributed by atoms with E-state index in [0.29, 0.717) is 22.5 Å². The Balaban J connectivity index is 0.00000240. The summed E-state index contributed by atoms with van der Waals surface area (Å²) in [4.78, 5) is 18.9. The molecule has 0 spiro atoms. The summed E-state index contributed by atoms with van der Waals surface area (Å²) in [5.74, 6) is 1.08. The fourth-order valence-corrected chi connectivity index (χ4v) is 4.89. The standard InChI is InChI=1S/C21H28ClFN4O.HI/c1-24-21(26-18-11-15(18)19-16(22)7-4-8-17(19)23)25-14-9-10-27(12-14)20(28)13-5-2-3-6-13;/h4,7-8,13-15,18H,2-3,5-6,9-12H2,1H3,(H2,24,25,26);1H. The molecule has 1 aliphatic heterocycles. The third-order valence-electron chi connectivity index (χ3n) is 6.25. The lowest BCUT2D eigenvalue weighted by Gasteiger charge is -2.21. The average Bonchev–Trinajstić information content (AvgIpc) is 3.08. The van der Waals surface area contributed by atoms with E-state index in [2.05, 4.69) is 15.6 Å². The minimum absolute atomic E-state index is 0. The van der Waals surface area contributed by atoms with E-state index in [1.54, 1.807) is 19.2 Å². The summed E-state index contributed by atoms with van der Waals surface area (Å²) < 4.78 is 14.1. The van der Waals surface area contributed by atoms with Gasteiger partial charge in [-0.1, -0.05) is 30.5 Å². The molecule has 5 nitrogen and oxygen atoms in total. The highest BCUT2D eigenvalue weighted by molar-refractivity contribution is 14.0. The molecule has 3 unspecified atom stereocenters. The van der Waals surface area contributed by atoms with Crippen LogP contribution in [0, 0.1) is 11.7 Å². The lowest BCUT2D eigenvalue weighted by molar-refractivity contribution is -0.134. The number of nitrogens with one attached hydrogen (secondary N) is 2. The number of benzene rings is 1. The number of carbonyl (C=O) groups excluding carboxylic acids is 1. The summed E-state index contributed by atoms with van der Waals surface area (Å²) in [5, 5.41) is 7.29. The summed E-state index contributed by atoms with van der Waals surface area (Å²) in [6.07, 6.45) is 6.19. The number of likely N-dealkylation sites (tertiary alicyclic amines) is 1. The molecule has 160 valence electrons. The van der Waals surface area contributed by atoms with Crippen molar-refractivity contribution in [3.05, 3.63) is 34.6 Å². The quantitative estimate of drug-likeness (QED) is 0.350. The molecule has 2 N–H and O–H groups in total. The summed E-state index contributed by atoms with van der Waals surface area (Å²) in [7, 11) is 1.74. The first-order valence-electron chi connectivity index (χ1n) is 10.3. The van der Waals surface area contributed by atoms with Crippen LogP contribution in [0.2, 0.25) is 5.02 Å². The lowest BCUT2D eigenvalue weighted by atomic mass is 10.1. The number of rotatable bonds is 4. The molecule has 0 aromatic heterocycles. The Morgan fingerprint density at radius 3 is 2.69 bits per heavy atom. The highest BCUT2D eigenvalue weighted by Crippen LogP contribution is 2.44. The largest absolute Gasteiger partial charge is 0.353 e. The number of guanidine groups is 1. The van der Waals surface area contributed by atoms with E-state index in [1.807, 2.05) is 4.90 Å². The molecular formula is C21H29ClFIN4O. The van der Waals surface area contributed by atoms with Gasteiger partial charge in [-0.15, -0.1) is 24.0 Å². The lowest BCUT2D eigenvalue weighted by Crippen LogP contribution is -2.46. The van der Waals surface area contributed by atoms with Crippen LogP contribution in [-0.2, 0) is 4.79 Å². The van der Waals surface area contributed by atoms with Crippen molar-refractivity contribution in [2.45, 2.75) is 56.5 Å². The van der Waals surface area contributed by atoms with E-state index in [1.165, 1.54) is 18.9 Å². The summed E-state index contributed by atoms with van der Waals surface area (Å²) >= 11 is 6.19. The molecule has 4 rings (SSSR count). The van der Waals surface area contributed by atoms with Gasteiger partial charge in [0, 0.05) is 54.6 Å². The third kappa shape index (κ3) is 5.16. The number of hydrogen-bond acceptors (Lipinski definition) is 2. The second-order valence-corrected chi connectivity index (χ2v) is 8.60. The van der Waals surface area contributed by atoms with Gasteiger partial charge in [-0.25, -0.2) is 4.39 Å². The van der Waals surface area contributed by atoms with Gasteiger partial charge < -0.3 is 15.5 Å². The Morgan fingerprint density at radius 2 is 2.00 bits per heavy atom. The van der Waals surface area contributed by atoms with Crippen molar-refractivity contribution in [1.82, 2.24) is 15.5 Å². The second kappa shape index (κ2) is 9.81. The molecule has 3 atom stereocenters. The van der Waals surface area contributed by atoms with Crippen molar-refractivity contribution in [3.63, 3.8) is 0 Å². The van der Waals surface area contributed by atoms with Crippen LogP contribution >= 0.6 is 35.6 Å². The first-order valence-corrected chi connectivity index (χ1v) is 10.7. The molecule has 29 heavy (non-hydrogen) atoms. The predicted molar refractivity (Wildman–Crippen MR) is 125 cm³/mol. The highest BCUT2D eigenvalue weighted by atomic mass is 127. The molecule has 1 aromatic carbocycles. The van der Waals surface area contributed by atoms with E-state index in [0.717, 1.165) is 38.8 Å². The van der Waals surface area contributed by atoms with Crippen LogP contribution in [0.25, 0.3) is 0 Å². The van der Waals surface area contributed by atoms with Crippen molar-refractivity contribution in [2.24, 2.45) is 10.9 Å². The van der Waals surface area contributed by atoms with E-state index in [-0.39, 0.29) is 53.7 Å². The van der Waals surface area contributed by atoms with Crippen molar-refractivity contribution < 1.29 is 9.18 Å². The van der Waals surface area contributed by atoms with Gasteiger partial charge in [0.05, 0.1) is 0 Å². The fourth-order valence-electron chi connectivity index (χ4n) is 4.59. The van der Waals surface area contributed by atoms with E-state index in [4.69, 9.17) is 11.6 Å². The summed E-state index contributed by atoms with van der Waals surface area (Å²) in [6.45, 7) is 1.53. The first kappa shape index (κ1) is 22.6. The van der Waals surface area contributed by atoms with Crippen molar-refractivity contribution >= 4 is 47.4 Å². The van der Waals surface area contributed by atoms with Crippen molar-refractivity contribution in [2.75, 3.05) is 20.1 Å². The van der Waals surface area contributed by atoms with Gasteiger partial charge in [0.25, 0.3) is 0 Å². The molecule has 1 amide bonds. The number of aliphatic imine (C=N–C) groups is 1. The second-order valence-electron chi connectivity index (χ2n) is 8.20. The summed E-state index contributed by atoms with van der Waals surface area (Å²) in [5.41, 5.74) is 0.589. The highest BCUT2D eigenvalue weighted by Gasteiger charge is 2.42. The Labute approximate surface area is 193 Å². The molecule has 1 saturated heterocycles. The van der Waals surface area contributed by atoms with Gasteiger partial charge in [0.2, 0.25) is 5.91 Å². The molecule has 1 heterocycles. The molecule has 3 aliphatic rings. The van der Waals surface area contributed by atoms with Gasteiger partial charge >= 0.3 is 0 Å². The molecule has 2 saturated carbocycles. The minimum Gasteiger partial charge on any atom is -0.353 e. The zero-order chi connectivity index (χ0) is 19.7. The fraction of sp³-hybridized carbons (Fsp3) is 0.619. The molecule has 1 aromatic rings. The Kier molecular flexibility index (Phi) is 7.64. The van der Waals surface area contributed by atoms with Crippen LogP contribution in [0.15, 0.2) is 23.2 Å². The van der Waals surface area contributed by atoms with Gasteiger partial charge in [-0.3, -0.25) is 9.79 Å². The van der Waals surface area contributed by atoms with E-state index < -0.39 is 0 Å². The molecule has 0 bridgehead atoms. The van der Waals surface area contributed by atoms with E-state index >= 15 is 0 Å². The Bertz CT molecular complexity index is 751. The molecular weight excluding hydrogens is 506 g/mol. The van der Waals surface area contributed by atoms with Crippen LogP contribution in [0.5, 0.6) is 0 Å². The molecule has 0 radical (unpaired) electrons. The Hall–Kier alpha value is -1.09. The topological polar surface area (TPSA) is 56.7 Å². The van der Waals surface area contributed by atoms with Crippen LogP contribution in [0.4, 0.5) is 4.39 Å². The van der Waals surface area contributed by atoms with E-state index in [9.17, 15) is 9.18 Å². The minimum atomic E-state index is -0.249. The molecule has 2 aliphatic carbocycles. The number of carbonyl (C=O) groups is 1. The number of amides is 1. The SMILES string of the molecule is CN=C(NC1CCN(C(=O)C2CCCC2)C1)NC1CC1c1c(F)cccc1Cl.I. The molecule has 3 fully saturated rings. The van der Waals surface area contributed by atoms with Gasteiger partial charge in [-0.2, -0.15) is 0 Å². The van der Waals surface area contributed by atoms with Crippen LogP contribution < -0.4 is 10.6 Å².